The second-order valence-corrected chi connectivity index (χ2v) is 5.09. The van der Waals surface area contributed by atoms with Gasteiger partial charge in [0.05, 0.1) is 0 Å². The van der Waals surface area contributed by atoms with Crippen LogP contribution in [0.3, 0.4) is 0 Å². The van der Waals surface area contributed by atoms with Crippen LogP contribution in [0.4, 0.5) is 5.69 Å². The quantitative estimate of drug-likeness (QED) is 0.881. The van der Waals surface area contributed by atoms with Crippen LogP contribution in [0.1, 0.15) is 18.1 Å². The SMILES string of the molecule is CCc1cc(Br)ccc1NCc1ccc(O)cc1. The Labute approximate surface area is 116 Å². The van der Waals surface area contributed by atoms with Crippen LogP contribution >= 0.6 is 15.9 Å². The zero-order valence-corrected chi connectivity index (χ0v) is 11.9. The molecule has 2 nitrogen and oxygen atoms in total. The van der Waals surface area contributed by atoms with Crippen LogP contribution in [0.2, 0.25) is 0 Å². The number of phenols is 1. The van der Waals surface area contributed by atoms with Gasteiger partial charge in [-0.25, -0.2) is 0 Å². The normalized spacial score (nSPS) is 10.3. The van der Waals surface area contributed by atoms with Crippen molar-refractivity contribution in [1.29, 1.82) is 0 Å². The van der Waals surface area contributed by atoms with E-state index in [1.54, 1.807) is 12.1 Å². The van der Waals surface area contributed by atoms with Gasteiger partial charge in [-0.1, -0.05) is 35.0 Å². The topological polar surface area (TPSA) is 32.3 Å². The molecule has 0 aliphatic carbocycles. The van der Waals surface area contributed by atoms with E-state index < -0.39 is 0 Å². The van der Waals surface area contributed by atoms with Gasteiger partial charge >= 0.3 is 0 Å². The standard InChI is InChI=1S/C15H16BrNO/c1-2-12-9-13(16)5-8-15(12)17-10-11-3-6-14(18)7-4-11/h3-9,17-18H,2,10H2,1H3. The van der Waals surface area contributed by atoms with Gasteiger partial charge in [0.1, 0.15) is 5.75 Å². The van der Waals surface area contributed by atoms with Crippen LogP contribution in [0, 0.1) is 0 Å². The third-order valence-corrected chi connectivity index (χ3v) is 3.36. The predicted octanol–water partition coefficient (Wildman–Crippen LogP) is 4.33. The second kappa shape index (κ2) is 5.91. The van der Waals surface area contributed by atoms with E-state index in [1.807, 2.05) is 18.2 Å². The van der Waals surface area contributed by atoms with Gasteiger partial charge in [0, 0.05) is 16.7 Å². The maximum absolute atomic E-state index is 9.23. The molecule has 94 valence electrons. The molecule has 2 N–H and O–H groups in total. The molecule has 0 aromatic heterocycles. The van der Waals surface area contributed by atoms with Gasteiger partial charge in [0.25, 0.3) is 0 Å². The first kappa shape index (κ1) is 13.0. The molecule has 2 aromatic rings. The Bertz CT molecular complexity index is 523. The highest BCUT2D eigenvalue weighted by Crippen LogP contribution is 2.22. The number of hydrogen-bond donors (Lipinski definition) is 2. The van der Waals surface area contributed by atoms with E-state index in [0.29, 0.717) is 5.75 Å². The van der Waals surface area contributed by atoms with Crippen LogP contribution in [-0.4, -0.2) is 5.11 Å². The summed E-state index contributed by atoms with van der Waals surface area (Å²) in [5.41, 5.74) is 3.61. The molecule has 0 atom stereocenters. The zero-order chi connectivity index (χ0) is 13.0. The highest BCUT2D eigenvalue weighted by atomic mass is 79.9. The highest BCUT2D eigenvalue weighted by molar-refractivity contribution is 9.10. The number of hydrogen-bond acceptors (Lipinski definition) is 2. The first-order chi connectivity index (χ1) is 8.69. The number of halogens is 1. The molecule has 0 bridgehead atoms. The average Bonchev–Trinajstić information content (AvgIpc) is 2.39. The summed E-state index contributed by atoms with van der Waals surface area (Å²) in [6, 6.07) is 13.5. The van der Waals surface area contributed by atoms with Gasteiger partial charge in [0.2, 0.25) is 0 Å². The number of phenolic OH excluding ortho intramolecular Hbond substituents is 1. The molecule has 2 rings (SSSR count). The molecule has 2 aromatic carbocycles. The number of rotatable bonds is 4. The summed E-state index contributed by atoms with van der Waals surface area (Å²) in [5, 5.41) is 12.7. The molecule has 0 spiro atoms. The van der Waals surface area contributed by atoms with Crippen molar-refractivity contribution < 1.29 is 5.11 Å². The van der Waals surface area contributed by atoms with Crippen LogP contribution in [-0.2, 0) is 13.0 Å². The molecule has 0 unspecified atom stereocenters. The number of nitrogens with one attached hydrogen (secondary N) is 1. The van der Waals surface area contributed by atoms with Crippen molar-refractivity contribution in [3.63, 3.8) is 0 Å². The molecule has 0 radical (unpaired) electrons. The van der Waals surface area contributed by atoms with Crippen LogP contribution < -0.4 is 5.32 Å². The zero-order valence-electron chi connectivity index (χ0n) is 10.3. The lowest BCUT2D eigenvalue weighted by Crippen LogP contribution is -2.01. The van der Waals surface area contributed by atoms with Gasteiger partial charge < -0.3 is 10.4 Å². The van der Waals surface area contributed by atoms with E-state index in [0.717, 1.165) is 28.7 Å². The summed E-state index contributed by atoms with van der Waals surface area (Å²) >= 11 is 3.49. The summed E-state index contributed by atoms with van der Waals surface area (Å²) in [6.07, 6.45) is 0.997. The lowest BCUT2D eigenvalue weighted by Gasteiger charge is -2.11. The Hall–Kier alpha value is -1.48. The smallest absolute Gasteiger partial charge is 0.115 e. The van der Waals surface area contributed by atoms with Crippen molar-refractivity contribution in [2.75, 3.05) is 5.32 Å². The molecular formula is C15H16BrNO. The van der Waals surface area contributed by atoms with E-state index in [9.17, 15) is 5.11 Å². The number of aryl methyl sites for hydroxylation is 1. The summed E-state index contributed by atoms with van der Waals surface area (Å²) in [6.45, 7) is 2.91. The first-order valence-corrected chi connectivity index (χ1v) is 6.78. The molecule has 3 heteroatoms. The van der Waals surface area contributed by atoms with Crippen molar-refractivity contribution in [2.24, 2.45) is 0 Å². The second-order valence-electron chi connectivity index (χ2n) is 4.18. The summed E-state index contributed by atoms with van der Waals surface area (Å²) in [7, 11) is 0. The first-order valence-electron chi connectivity index (χ1n) is 5.99. The van der Waals surface area contributed by atoms with Crippen molar-refractivity contribution in [2.45, 2.75) is 19.9 Å². The Morgan fingerprint density at radius 3 is 2.50 bits per heavy atom. The molecule has 0 heterocycles. The van der Waals surface area contributed by atoms with E-state index in [1.165, 1.54) is 5.56 Å². The summed E-state index contributed by atoms with van der Waals surface area (Å²) < 4.78 is 1.11. The Kier molecular flexibility index (Phi) is 4.26. The number of benzene rings is 2. The van der Waals surface area contributed by atoms with Crippen LogP contribution in [0.15, 0.2) is 46.9 Å². The van der Waals surface area contributed by atoms with Crippen molar-refractivity contribution in [3.8, 4) is 5.75 Å². The minimum atomic E-state index is 0.302. The maximum Gasteiger partial charge on any atom is 0.115 e. The molecular weight excluding hydrogens is 290 g/mol. The van der Waals surface area contributed by atoms with Gasteiger partial charge in [-0.05, 0) is 47.9 Å². The molecule has 0 saturated heterocycles. The van der Waals surface area contributed by atoms with Gasteiger partial charge in [0.15, 0.2) is 0 Å². The summed E-state index contributed by atoms with van der Waals surface area (Å²) in [5.74, 6) is 0.302. The lowest BCUT2D eigenvalue weighted by atomic mass is 10.1. The Morgan fingerprint density at radius 2 is 1.83 bits per heavy atom. The highest BCUT2D eigenvalue weighted by Gasteiger charge is 2.01. The fourth-order valence-corrected chi connectivity index (χ4v) is 2.25. The monoisotopic (exact) mass is 305 g/mol. The van der Waals surface area contributed by atoms with E-state index >= 15 is 0 Å². The Morgan fingerprint density at radius 1 is 1.11 bits per heavy atom. The third kappa shape index (κ3) is 3.26. The molecule has 0 amide bonds. The molecule has 0 saturated carbocycles. The lowest BCUT2D eigenvalue weighted by molar-refractivity contribution is 0.475. The summed E-state index contributed by atoms with van der Waals surface area (Å²) in [4.78, 5) is 0. The number of anilines is 1. The Balaban J connectivity index is 2.08. The minimum absolute atomic E-state index is 0.302. The fraction of sp³-hybridized carbons (Fsp3) is 0.200. The van der Waals surface area contributed by atoms with Gasteiger partial charge in [-0.3, -0.25) is 0 Å². The minimum Gasteiger partial charge on any atom is -0.508 e. The van der Waals surface area contributed by atoms with E-state index in [-0.39, 0.29) is 0 Å². The largest absolute Gasteiger partial charge is 0.508 e. The van der Waals surface area contributed by atoms with E-state index in [4.69, 9.17) is 0 Å². The molecule has 18 heavy (non-hydrogen) atoms. The van der Waals surface area contributed by atoms with Crippen LogP contribution in [0.25, 0.3) is 0 Å². The third-order valence-electron chi connectivity index (χ3n) is 2.87. The van der Waals surface area contributed by atoms with E-state index in [2.05, 4.69) is 40.3 Å². The maximum atomic E-state index is 9.23. The molecule has 0 fully saturated rings. The van der Waals surface area contributed by atoms with Crippen molar-refractivity contribution in [1.82, 2.24) is 0 Å². The van der Waals surface area contributed by atoms with Gasteiger partial charge in [-0.15, -0.1) is 0 Å². The average molecular weight is 306 g/mol. The fourth-order valence-electron chi connectivity index (χ4n) is 1.84. The van der Waals surface area contributed by atoms with Gasteiger partial charge in [-0.2, -0.15) is 0 Å². The predicted molar refractivity (Wildman–Crippen MR) is 79.0 cm³/mol. The van der Waals surface area contributed by atoms with Crippen molar-refractivity contribution >= 4 is 21.6 Å². The molecule has 0 aliphatic heterocycles. The molecule has 0 aliphatic rings. The number of aromatic hydroxyl groups is 1. The van der Waals surface area contributed by atoms with Crippen molar-refractivity contribution in [3.05, 3.63) is 58.1 Å². The van der Waals surface area contributed by atoms with Crippen LogP contribution in [0.5, 0.6) is 5.75 Å².